The lowest BCUT2D eigenvalue weighted by Gasteiger charge is -2.32. The fourth-order valence-electron chi connectivity index (χ4n) is 2.21. The Kier molecular flexibility index (Phi) is 4.53. The number of nitrogens with two attached hydrogens (primary N) is 1. The number of carbonyl (C=O) groups excluding carboxylic acids is 1. The quantitative estimate of drug-likeness (QED) is 0.791. The highest BCUT2D eigenvalue weighted by Gasteiger charge is 2.28. The van der Waals surface area contributed by atoms with E-state index in [1.807, 2.05) is 4.90 Å². The van der Waals surface area contributed by atoms with Crippen molar-refractivity contribution in [3.05, 3.63) is 0 Å². The molecule has 2 N–H and O–H groups in total. The normalized spacial score (nSPS) is 19.8. The number of nitrogens with zero attached hydrogens (tertiary/aromatic N) is 2. The van der Waals surface area contributed by atoms with Gasteiger partial charge in [0.25, 0.3) is 0 Å². The summed E-state index contributed by atoms with van der Waals surface area (Å²) in [5.41, 5.74) is 6.01. The van der Waals surface area contributed by atoms with Crippen LogP contribution in [0.25, 0.3) is 0 Å². The van der Waals surface area contributed by atoms with E-state index in [1.54, 1.807) is 0 Å². The molecule has 1 atom stereocenters. The molecule has 0 saturated carbocycles. The molecule has 0 aromatic heterocycles. The van der Waals surface area contributed by atoms with Gasteiger partial charge in [-0.05, 0) is 24.7 Å². The molecule has 1 aliphatic rings. The fraction of sp³-hybridized carbons (Fsp3) is 0.846. The minimum Gasteiger partial charge on any atom is -0.341 e. The first-order chi connectivity index (χ1) is 7.83. The SMILES string of the molecule is CC(C)(C)C[C@@H](N)C(=O)N1CCC(C#N)CC1. The highest BCUT2D eigenvalue weighted by Crippen LogP contribution is 2.22. The topological polar surface area (TPSA) is 70.1 Å². The van der Waals surface area contributed by atoms with Crippen molar-refractivity contribution in [3.8, 4) is 6.07 Å². The predicted octanol–water partition coefficient (Wildman–Crippen LogP) is 1.51. The number of carbonyl (C=O) groups is 1. The molecule has 4 heteroatoms. The van der Waals surface area contributed by atoms with E-state index in [2.05, 4.69) is 26.8 Å². The van der Waals surface area contributed by atoms with Crippen LogP contribution in [0.3, 0.4) is 0 Å². The molecule has 0 radical (unpaired) electrons. The lowest BCUT2D eigenvalue weighted by molar-refractivity contribution is -0.134. The molecule has 1 saturated heterocycles. The summed E-state index contributed by atoms with van der Waals surface area (Å²) in [7, 11) is 0. The summed E-state index contributed by atoms with van der Waals surface area (Å²) in [4.78, 5) is 13.9. The van der Waals surface area contributed by atoms with Crippen LogP contribution in [0.1, 0.15) is 40.0 Å². The van der Waals surface area contributed by atoms with Crippen molar-refractivity contribution >= 4 is 5.91 Å². The number of hydrogen-bond acceptors (Lipinski definition) is 3. The molecule has 1 aliphatic heterocycles. The van der Waals surface area contributed by atoms with Crippen LogP contribution in [-0.4, -0.2) is 29.9 Å². The maximum absolute atomic E-state index is 12.1. The van der Waals surface area contributed by atoms with Crippen LogP contribution in [0.5, 0.6) is 0 Å². The molecule has 0 aliphatic carbocycles. The Labute approximate surface area is 104 Å². The minimum absolute atomic E-state index is 0.0383. The first-order valence-corrected chi connectivity index (χ1v) is 6.27. The van der Waals surface area contributed by atoms with Gasteiger partial charge in [0, 0.05) is 19.0 Å². The number of piperidine rings is 1. The summed E-state index contributed by atoms with van der Waals surface area (Å²) in [6.45, 7) is 7.61. The van der Waals surface area contributed by atoms with Crippen LogP contribution in [0.2, 0.25) is 0 Å². The molecule has 0 bridgehead atoms. The van der Waals surface area contributed by atoms with Crippen LogP contribution in [-0.2, 0) is 4.79 Å². The molecular formula is C13H23N3O. The van der Waals surface area contributed by atoms with Gasteiger partial charge in [-0.3, -0.25) is 4.79 Å². The van der Waals surface area contributed by atoms with E-state index < -0.39 is 6.04 Å². The van der Waals surface area contributed by atoms with Gasteiger partial charge in [-0.2, -0.15) is 5.26 Å². The summed E-state index contributed by atoms with van der Waals surface area (Å²) in [6.07, 6.45) is 2.26. The molecule has 17 heavy (non-hydrogen) atoms. The second-order valence-electron chi connectivity index (χ2n) is 6.10. The van der Waals surface area contributed by atoms with Crippen molar-refractivity contribution in [3.63, 3.8) is 0 Å². The Morgan fingerprint density at radius 1 is 1.47 bits per heavy atom. The highest BCUT2D eigenvalue weighted by atomic mass is 16.2. The smallest absolute Gasteiger partial charge is 0.239 e. The van der Waals surface area contributed by atoms with Gasteiger partial charge in [0.2, 0.25) is 5.91 Å². The monoisotopic (exact) mass is 237 g/mol. The highest BCUT2D eigenvalue weighted by molar-refractivity contribution is 5.81. The Bertz CT molecular complexity index is 306. The number of nitriles is 1. The molecular weight excluding hydrogens is 214 g/mol. The molecule has 1 rings (SSSR count). The summed E-state index contributed by atoms with van der Waals surface area (Å²) >= 11 is 0. The summed E-state index contributed by atoms with van der Waals surface area (Å²) in [5.74, 6) is 0.147. The maximum atomic E-state index is 12.1. The van der Waals surface area contributed by atoms with Gasteiger partial charge in [0.05, 0.1) is 12.1 Å². The average Bonchev–Trinajstić information content (AvgIpc) is 2.26. The van der Waals surface area contributed by atoms with Crippen molar-refractivity contribution in [2.45, 2.75) is 46.1 Å². The van der Waals surface area contributed by atoms with Crippen LogP contribution < -0.4 is 5.73 Å². The van der Waals surface area contributed by atoms with Gasteiger partial charge in [-0.1, -0.05) is 20.8 Å². The number of amides is 1. The molecule has 0 spiro atoms. The maximum Gasteiger partial charge on any atom is 0.239 e. The van der Waals surface area contributed by atoms with E-state index in [0.717, 1.165) is 12.8 Å². The van der Waals surface area contributed by atoms with Gasteiger partial charge >= 0.3 is 0 Å². The number of hydrogen-bond donors (Lipinski definition) is 1. The van der Waals surface area contributed by atoms with Crippen LogP contribution in [0.4, 0.5) is 0 Å². The van der Waals surface area contributed by atoms with Crippen LogP contribution in [0.15, 0.2) is 0 Å². The first-order valence-electron chi connectivity index (χ1n) is 6.27. The second kappa shape index (κ2) is 5.50. The third kappa shape index (κ3) is 4.35. The molecule has 1 amide bonds. The molecule has 1 heterocycles. The average molecular weight is 237 g/mol. The molecule has 1 fully saturated rings. The van der Waals surface area contributed by atoms with E-state index in [4.69, 9.17) is 11.0 Å². The largest absolute Gasteiger partial charge is 0.341 e. The number of rotatable bonds is 2. The van der Waals surface area contributed by atoms with Crippen molar-refractivity contribution in [1.29, 1.82) is 5.26 Å². The zero-order chi connectivity index (χ0) is 13.1. The molecule has 0 aromatic carbocycles. The predicted molar refractivity (Wildman–Crippen MR) is 67.0 cm³/mol. The summed E-state index contributed by atoms with van der Waals surface area (Å²) < 4.78 is 0. The zero-order valence-electron chi connectivity index (χ0n) is 11.1. The van der Waals surface area contributed by atoms with Gasteiger partial charge in [-0.15, -0.1) is 0 Å². The Hall–Kier alpha value is -1.08. The van der Waals surface area contributed by atoms with E-state index in [9.17, 15) is 4.79 Å². The molecule has 96 valence electrons. The van der Waals surface area contributed by atoms with Crippen molar-refractivity contribution in [2.24, 2.45) is 17.1 Å². The Morgan fingerprint density at radius 3 is 2.41 bits per heavy atom. The fourth-order valence-corrected chi connectivity index (χ4v) is 2.21. The van der Waals surface area contributed by atoms with Crippen LogP contribution in [0, 0.1) is 22.7 Å². The molecule has 0 aromatic rings. The first kappa shape index (κ1) is 14.0. The van der Waals surface area contributed by atoms with Gasteiger partial charge in [0.15, 0.2) is 0 Å². The van der Waals surface area contributed by atoms with Crippen molar-refractivity contribution in [2.75, 3.05) is 13.1 Å². The lowest BCUT2D eigenvalue weighted by Crippen LogP contribution is -2.48. The van der Waals surface area contributed by atoms with E-state index in [-0.39, 0.29) is 17.2 Å². The number of likely N-dealkylation sites (tertiary alicyclic amines) is 1. The standard InChI is InChI=1S/C13H23N3O/c1-13(2,3)8-11(15)12(17)16-6-4-10(9-14)5-7-16/h10-11H,4-8,15H2,1-3H3/t11-/m1/s1. The minimum atomic E-state index is -0.409. The second-order valence-corrected chi connectivity index (χ2v) is 6.10. The third-order valence-electron chi connectivity index (χ3n) is 3.14. The van der Waals surface area contributed by atoms with E-state index in [0.29, 0.717) is 19.5 Å². The van der Waals surface area contributed by atoms with Crippen molar-refractivity contribution in [1.82, 2.24) is 4.90 Å². The van der Waals surface area contributed by atoms with E-state index in [1.165, 1.54) is 0 Å². The zero-order valence-corrected chi connectivity index (χ0v) is 11.1. The van der Waals surface area contributed by atoms with E-state index >= 15 is 0 Å². The van der Waals surface area contributed by atoms with Gasteiger partial charge < -0.3 is 10.6 Å². The van der Waals surface area contributed by atoms with Gasteiger partial charge in [0.1, 0.15) is 0 Å². The van der Waals surface area contributed by atoms with Crippen molar-refractivity contribution < 1.29 is 4.79 Å². The van der Waals surface area contributed by atoms with Gasteiger partial charge in [-0.25, -0.2) is 0 Å². The lowest BCUT2D eigenvalue weighted by atomic mass is 9.87. The summed E-state index contributed by atoms with van der Waals surface area (Å²) in [6, 6.07) is 1.85. The third-order valence-corrected chi connectivity index (χ3v) is 3.14. The van der Waals surface area contributed by atoms with Crippen LogP contribution >= 0.6 is 0 Å². The Morgan fingerprint density at radius 2 is 2.00 bits per heavy atom. The molecule has 0 unspecified atom stereocenters. The summed E-state index contributed by atoms with van der Waals surface area (Å²) in [5, 5.41) is 8.80. The molecule has 4 nitrogen and oxygen atoms in total. The Balaban J connectivity index is 2.46.